The van der Waals surface area contributed by atoms with Crippen LogP contribution < -0.4 is 5.32 Å². The molecule has 0 aromatic carbocycles. The molecule has 4 nitrogen and oxygen atoms in total. The normalized spacial score (nSPS) is 12.8. The first kappa shape index (κ1) is 12.3. The van der Waals surface area contributed by atoms with Gasteiger partial charge in [-0.2, -0.15) is 5.10 Å². The van der Waals surface area contributed by atoms with Crippen LogP contribution in [0.5, 0.6) is 0 Å². The summed E-state index contributed by atoms with van der Waals surface area (Å²) >= 11 is 1.79. The van der Waals surface area contributed by atoms with Crippen molar-refractivity contribution in [3.8, 4) is 0 Å². The Morgan fingerprint density at radius 3 is 3.00 bits per heavy atom. The van der Waals surface area contributed by atoms with Crippen molar-refractivity contribution >= 4 is 11.3 Å². The number of rotatable bonds is 6. The summed E-state index contributed by atoms with van der Waals surface area (Å²) in [7, 11) is 0. The lowest BCUT2D eigenvalue weighted by atomic mass is 10.1. The van der Waals surface area contributed by atoms with Gasteiger partial charge in [0.15, 0.2) is 0 Å². The number of aryl methyl sites for hydroxylation is 1. The van der Waals surface area contributed by atoms with E-state index in [1.807, 2.05) is 4.68 Å². The molecule has 0 bridgehead atoms. The van der Waals surface area contributed by atoms with Gasteiger partial charge in [-0.1, -0.05) is 13.0 Å². The van der Waals surface area contributed by atoms with Crippen LogP contribution in [-0.2, 0) is 13.0 Å². The van der Waals surface area contributed by atoms with Crippen molar-refractivity contribution in [2.75, 3.05) is 6.54 Å². The first-order valence-corrected chi connectivity index (χ1v) is 6.86. The zero-order valence-corrected chi connectivity index (χ0v) is 11.1. The van der Waals surface area contributed by atoms with Crippen molar-refractivity contribution in [1.82, 2.24) is 20.1 Å². The molecule has 0 aliphatic rings. The van der Waals surface area contributed by atoms with Crippen molar-refractivity contribution in [3.63, 3.8) is 0 Å². The second-order valence-electron chi connectivity index (χ2n) is 3.82. The SMILES string of the molecule is CCNC(Cc1ncnn1CC)c1cccs1. The third kappa shape index (κ3) is 2.92. The van der Waals surface area contributed by atoms with E-state index in [9.17, 15) is 0 Å². The summed E-state index contributed by atoms with van der Waals surface area (Å²) in [4.78, 5) is 5.69. The number of hydrogen-bond donors (Lipinski definition) is 1. The van der Waals surface area contributed by atoms with Crippen molar-refractivity contribution in [1.29, 1.82) is 0 Å². The lowest BCUT2D eigenvalue weighted by Gasteiger charge is -2.16. The van der Waals surface area contributed by atoms with Gasteiger partial charge < -0.3 is 5.32 Å². The Morgan fingerprint density at radius 1 is 1.47 bits per heavy atom. The molecule has 1 unspecified atom stereocenters. The second kappa shape index (κ2) is 5.93. The molecular weight excluding hydrogens is 232 g/mol. The smallest absolute Gasteiger partial charge is 0.138 e. The summed E-state index contributed by atoms with van der Waals surface area (Å²) in [6.07, 6.45) is 2.53. The molecule has 5 heteroatoms. The summed E-state index contributed by atoms with van der Waals surface area (Å²) < 4.78 is 1.96. The number of aromatic nitrogens is 3. The standard InChI is InChI=1S/C12H18N4S/c1-3-13-10(11-6-5-7-17-11)8-12-14-9-15-16(12)4-2/h5-7,9-10,13H,3-4,8H2,1-2H3. The molecule has 1 N–H and O–H groups in total. The van der Waals surface area contributed by atoms with Crippen molar-refractivity contribution in [2.24, 2.45) is 0 Å². The Bertz CT molecular complexity index is 435. The summed E-state index contributed by atoms with van der Waals surface area (Å²) in [6.45, 7) is 6.05. The molecule has 0 saturated carbocycles. The summed E-state index contributed by atoms with van der Waals surface area (Å²) in [5.41, 5.74) is 0. The largest absolute Gasteiger partial charge is 0.309 e. The monoisotopic (exact) mass is 250 g/mol. The summed E-state index contributed by atoms with van der Waals surface area (Å²) in [5, 5.41) is 9.83. The first-order chi connectivity index (χ1) is 8.35. The van der Waals surface area contributed by atoms with E-state index in [4.69, 9.17) is 0 Å². The van der Waals surface area contributed by atoms with Gasteiger partial charge in [0, 0.05) is 23.9 Å². The van der Waals surface area contributed by atoms with E-state index in [0.717, 1.165) is 25.3 Å². The predicted molar refractivity (Wildman–Crippen MR) is 70.1 cm³/mol. The van der Waals surface area contributed by atoms with Crippen LogP contribution in [0.25, 0.3) is 0 Å². The van der Waals surface area contributed by atoms with E-state index < -0.39 is 0 Å². The molecule has 0 aliphatic carbocycles. The summed E-state index contributed by atoms with van der Waals surface area (Å²) in [5.74, 6) is 1.05. The average Bonchev–Trinajstić information content (AvgIpc) is 2.99. The number of nitrogens with one attached hydrogen (secondary N) is 1. The third-order valence-electron chi connectivity index (χ3n) is 2.72. The fourth-order valence-corrected chi connectivity index (χ4v) is 2.70. The van der Waals surface area contributed by atoms with Crippen LogP contribution in [0.2, 0.25) is 0 Å². The van der Waals surface area contributed by atoms with Gasteiger partial charge in [0.25, 0.3) is 0 Å². The minimum Gasteiger partial charge on any atom is -0.309 e. The maximum Gasteiger partial charge on any atom is 0.138 e. The van der Waals surface area contributed by atoms with Crippen LogP contribution in [-0.4, -0.2) is 21.3 Å². The molecule has 0 fully saturated rings. The highest BCUT2D eigenvalue weighted by atomic mass is 32.1. The van der Waals surface area contributed by atoms with E-state index in [-0.39, 0.29) is 0 Å². The van der Waals surface area contributed by atoms with Gasteiger partial charge >= 0.3 is 0 Å². The molecule has 0 saturated heterocycles. The van der Waals surface area contributed by atoms with Gasteiger partial charge in [-0.3, -0.25) is 4.68 Å². The van der Waals surface area contributed by atoms with E-state index in [1.165, 1.54) is 4.88 Å². The molecule has 2 aromatic heterocycles. The highest BCUT2D eigenvalue weighted by molar-refractivity contribution is 7.10. The predicted octanol–water partition coefficient (Wildman–Crippen LogP) is 2.25. The topological polar surface area (TPSA) is 42.7 Å². The van der Waals surface area contributed by atoms with Crippen LogP contribution in [0.15, 0.2) is 23.8 Å². The van der Waals surface area contributed by atoms with Gasteiger partial charge in [-0.25, -0.2) is 4.98 Å². The van der Waals surface area contributed by atoms with Crippen molar-refractivity contribution in [2.45, 2.75) is 32.9 Å². The zero-order valence-electron chi connectivity index (χ0n) is 10.3. The quantitative estimate of drug-likeness (QED) is 0.855. The molecule has 0 radical (unpaired) electrons. The molecule has 0 spiro atoms. The Morgan fingerprint density at radius 2 is 2.35 bits per heavy atom. The van der Waals surface area contributed by atoms with E-state index in [2.05, 4.69) is 46.8 Å². The molecule has 1 atom stereocenters. The van der Waals surface area contributed by atoms with Gasteiger partial charge in [0.2, 0.25) is 0 Å². The van der Waals surface area contributed by atoms with Gasteiger partial charge in [-0.15, -0.1) is 11.3 Å². The first-order valence-electron chi connectivity index (χ1n) is 5.98. The number of thiophene rings is 1. The van der Waals surface area contributed by atoms with Gasteiger partial charge in [-0.05, 0) is 24.9 Å². The minimum atomic E-state index is 0.342. The molecule has 2 aromatic rings. The Balaban J connectivity index is 2.13. The lowest BCUT2D eigenvalue weighted by Crippen LogP contribution is -2.23. The molecule has 17 heavy (non-hydrogen) atoms. The van der Waals surface area contributed by atoms with Crippen LogP contribution in [0.4, 0.5) is 0 Å². The molecule has 2 rings (SSSR count). The molecule has 0 aliphatic heterocycles. The number of hydrogen-bond acceptors (Lipinski definition) is 4. The van der Waals surface area contributed by atoms with E-state index in [1.54, 1.807) is 17.7 Å². The fourth-order valence-electron chi connectivity index (χ4n) is 1.90. The maximum atomic E-state index is 4.34. The average molecular weight is 250 g/mol. The van der Waals surface area contributed by atoms with Crippen molar-refractivity contribution in [3.05, 3.63) is 34.5 Å². The molecule has 0 amide bonds. The Kier molecular flexibility index (Phi) is 4.28. The van der Waals surface area contributed by atoms with Crippen LogP contribution >= 0.6 is 11.3 Å². The van der Waals surface area contributed by atoms with E-state index in [0.29, 0.717) is 6.04 Å². The van der Waals surface area contributed by atoms with Gasteiger partial charge in [0.05, 0.1) is 0 Å². The number of nitrogens with zero attached hydrogens (tertiary/aromatic N) is 3. The minimum absolute atomic E-state index is 0.342. The zero-order chi connectivity index (χ0) is 12.1. The van der Waals surface area contributed by atoms with E-state index >= 15 is 0 Å². The van der Waals surface area contributed by atoms with Crippen molar-refractivity contribution < 1.29 is 0 Å². The highest BCUT2D eigenvalue weighted by Gasteiger charge is 2.15. The fraction of sp³-hybridized carbons (Fsp3) is 0.500. The Labute approximate surface area is 106 Å². The molecular formula is C12H18N4S. The molecule has 2 heterocycles. The highest BCUT2D eigenvalue weighted by Crippen LogP contribution is 2.22. The van der Waals surface area contributed by atoms with Crippen LogP contribution in [0.3, 0.4) is 0 Å². The Hall–Kier alpha value is -1.20. The lowest BCUT2D eigenvalue weighted by molar-refractivity contribution is 0.515. The third-order valence-corrected chi connectivity index (χ3v) is 3.71. The maximum absolute atomic E-state index is 4.34. The van der Waals surface area contributed by atoms with Crippen LogP contribution in [0, 0.1) is 0 Å². The summed E-state index contributed by atoms with van der Waals surface area (Å²) in [6, 6.07) is 4.61. The van der Waals surface area contributed by atoms with Gasteiger partial charge in [0.1, 0.15) is 12.2 Å². The second-order valence-corrected chi connectivity index (χ2v) is 4.80. The molecule has 92 valence electrons. The van der Waals surface area contributed by atoms with Crippen LogP contribution in [0.1, 0.15) is 30.6 Å². The number of likely N-dealkylation sites (N-methyl/N-ethyl adjacent to an activating group) is 1.